The number of carbonyl (C=O) groups is 1. The second-order valence-corrected chi connectivity index (χ2v) is 4.81. The van der Waals surface area contributed by atoms with Gasteiger partial charge < -0.3 is 16.0 Å². The van der Waals surface area contributed by atoms with Gasteiger partial charge in [0.25, 0.3) is 0 Å². The largest absolute Gasteiger partial charge is 0.399 e. The molecule has 1 aromatic rings. The van der Waals surface area contributed by atoms with Crippen molar-refractivity contribution in [3.63, 3.8) is 0 Å². The van der Waals surface area contributed by atoms with Gasteiger partial charge in [-0.3, -0.25) is 4.79 Å². The minimum absolute atomic E-state index is 0.0276. The summed E-state index contributed by atoms with van der Waals surface area (Å²) in [6.45, 7) is 3.08. The lowest BCUT2D eigenvalue weighted by Gasteiger charge is -2.35. The van der Waals surface area contributed by atoms with Gasteiger partial charge >= 0.3 is 0 Å². The number of carbonyl (C=O) groups excluding carboxylic acids is 1. The lowest BCUT2D eigenvalue weighted by Crippen LogP contribution is -2.54. The van der Waals surface area contributed by atoms with Crippen LogP contribution in [0.15, 0.2) is 12.1 Å². The van der Waals surface area contributed by atoms with Gasteiger partial charge in [-0.25, -0.2) is 0 Å². The summed E-state index contributed by atoms with van der Waals surface area (Å²) in [6, 6.07) is 2.99. The maximum atomic E-state index is 11.6. The van der Waals surface area contributed by atoms with Gasteiger partial charge in [0.15, 0.2) is 0 Å². The van der Waals surface area contributed by atoms with Crippen LogP contribution in [0.1, 0.15) is 6.92 Å². The first-order chi connectivity index (χ1) is 8.00. The molecule has 6 heteroatoms. The van der Waals surface area contributed by atoms with E-state index in [2.05, 4.69) is 5.32 Å². The number of piperazine rings is 1. The summed E-state index contributed by atoms with van der Waals surface area (Å²) < 4.78 is 0. The SMILES string of the molecule is CC1C(=O)NCCN1c1c(Cl)cc(N)cc1Cl. The number of benzene rings is 1. The first kappa shape index (κ1) is 12.3. The van der Waals surface area contributed by atoms with Crippen LogP contribution in [0.3, 0.4) is 0 Å². The smallest absolute Gasteiger partial charge is 0.242 e. The molecule has 1 aromatic carbocycles. The summed E-state index contributed by atoms with van der Waals surface area (Å²) in [6.07, 6.45) is 0. The molecule has 2 rings (SSSR count). The Balaban J connectivity index is 2.43. The number of halogens is 2. The predicted octanol–water partition coefficient (Wildman–Crippen LogP) is 1.90. The van der Waals surface area contributed by atoms with Gasteiger partial charge in [-0.2, -0.15) is 0 Å². The number of nitrogen functional groups attached to an aromatic ring is 1. The maximum absolute atomic E-state index is 11.6. The zero-order valence-corrected chi connectivity index (χ0v) is 10.8. The zero-order valence-electron chi connectivity index (χ0n) is 9.34. The van der Waals surface area contributed by atoms with Crippen molar-refractivity contribution in [3.05, 3.63) is 22.2 Å². The molecule has 1 fully saturated rings. The maximum Gasteiger partial charge on any atom is 0.242 e. The molecule has 0 saturated carbocycles. The fourth-order valence-electron chi connectivity index (χ4n) is 1.95. The second kappa shape index (κ2) is 4.63. The quantitative estimate of drug-likeness (QED) is 0.769. The van der Waals surface area contributed by atoms with Gasteiger partial charge in [-0.15, -0.1) is 0 Å². The summed E-state index contributed by atoms with van der Waals surface area (Å²) in [7, 11) is 0. The molecule has 1 aliphatic heterocycles. The molecule has 1 atom stereocenters. The van der Waals surface area contributed by atoms with Gasteiger partial charge in [-0.1, -0.05) is 23.2 Å². The molecular weight excluding hydrogens is 261 g/mol. The van der Waals surface area contributed by atoms with Crippen molar-refractivity contribution in [2.45, 2.75) is 13.0 Å². The van der Waals surface area contributed by atoms with Gasteiger partial charge in [0, 0.05) is 18.8 Å². The van der Waals surface area contributed by atoms with Crippen LogP contribution in [-0.4, -0.2) is 25.0 Å². The van der Waals surface area contributed by atoms with E-state index in [9.17, 15) is 4.79 Å². The molecule has 92 valence electrons. The molecular formula is C11H13Cl2N3O. The third kappa shape index (κ3) is 2.28. The van der Waals surface area contributed by atoms with E-state index in [0.29, 0.717) is 34.5 Å². The lowest BCUT2D eigenvalue weighted by atomic mass is 10.1. The summed E-state index contributed by atoms with van der Waals surface area (Å²) in [5.41, 5.74) is 6.84. The van der Waals surface area contributed by atoms with Crippen molar-refractivity contribution in [2.75, 3.05) is 23.7 Å². The number of anilines is 2. The Morgan fingerprint density at radius 1 is 1.41 bits per heavy atom. The van der Waals surface area contributed by atoms with Crippen molar-refractivity contribution >= 4 is 40.5 Å². The average Bonchev–Trinajstić information content (AvgIpc) is 2.23. The van der Waals surface area contributed by atoms with E-state index in [1.54, 1.807) is 12.1 Å². The average molecular weight is 274 g/mol. The lowest BCUT2D eigenvalue weighted by molar-refractivity contribution is -0.122. The Morgan fingerprint density at radius 2 is 2.00 bits per heavy atom. The monoisotopic (exact) mass is 273 g/mol. The van der Waals surface area contributed by atoms with Gasteiger partial charge in [0.1, 0.15) is 6.04 Å². The van der Waals surface area contributed by atoms with E-state index >= 15 is 0 Å². The normalized spacial score (nSPS) is 20.3. The summed E-state index contributed by atoms with van der Waals surface area (Å²) in [4.78, 5) is 13.5. The van der Waals surface area contributed by atoms with Crippen LogP contribution in [0.5, 0.6) is 0 Å². The molecule has 0 radical (unpaired) electrons. The summed E-state index contributed by atoms with van der Waals surface area (Å²) >= 11 is 12.3. The Kier molecular flexibility index (Phi) is 3.35. The minimum Gasteiger partial charge on any atom is -0.399 e. The number of rotatable bonds is 1. The van der Waals surface area contributed by atoms with Crippen molar-refractivity contribution in [2.24, 2.45) is 0 Å². The number of hydrogen-bond acceptors (Lipinski definition) is 3. The van der Waals surface area contributed by atoms with Crippen molar-refractivity contribution in [1.82, 2.24) is 5.32 Å². The highest BCUT2D eigenvalue weighted by molar-refractivity contribution is 6.39. The van der Waals surface area contributed by atoms with E-state index in [0.717, 1.165) is 0 Å². The number of nitrogens with zero attached hydrogens (tertiary/aromatic N) is 1. The molecule has 1 saturated heterocycles. The van der Waals surface area contributed by atoms with Gasteiger partial charge in [0.2, 0.25) is 5.91 Å². The van der Waals surface area contributed by atoms with Gasteiger partial charge in [-0.05, 0) is 19.1 Å². The standard InChI is InChI=1S/C11H13Cl2N3O/c1-6-11(17)15-2-3-16(6)10-8(12)4-7(14)5-9(10)13/h4-6H,2-3,14H2,1H3,(H,15,17). The Bertz CT molecular complexity index is 441. The molecule has 1 heterocycles. The highest BCUT2D eigenvalue weighted by Gasteiger charge is 2.28. The minimum atomic E-state index is -0.289. The number of nitrogens with one attached hydrogen (secondary N) is 1. The molecule has 1 amide bonds. The molecule has 1 unspecified atom stereocenters. The van der Waals surface area contributed by atoms with E-state index in [1.165, 1.54) is 0 Å². The van der Waals surface area contributed by atoms with Crippen LogP contribution in [0.25, 0.3) is 0 Å². The molecule has 0 aliphatic carbocycles. The molecule has 4 nitrogen and oxygen atoms in total. The predicted molar refractivity (Wildman–Crippen MR) is 70.7 cm³/mol. The van der Waals surface area contributed by atoms with E-state index in [-0.39, 0.29) is 11.9 Å². The third-order valence-electron chi connectivity index (χ3n) is 2.83. The topological polar surface area (TPSA) is 58.4 Å². The first-order valence-electron chi connectivity index (χ1n) is 5.29. The highest BCUT2D eigenvalue weighted by atomic mass is 35.5. The second-order valence-electron chi connectivity index (χ2n) is 3.99. The number of hydrogen-bond donors (Lipinski definition) is 2. The highest BCUT2D eigenvalue weighted by Crippen LogP contribution is 2.37. The molecule has 0 aromatic heterocycles. The molecule has 3 N–H and O–H groups in total. The Hall–Kier alpha value is -1.13. The van der Waals surface area contributed by atoms with Crippen LogP contribution in [-0.2, 0) is 4.79 Å². The summed E-state index contributed by atoms with van der Waals surface area (Å²) in [5, 5.41) is 3.73. The van der Waals surface area contributed by atoms with Gasteiger partial charge in [0.05, 0.1) is 15.7 Å². The van der Waals surface area contributed by atoms with E-state index in [1.807, 2.05) is 11.8 Å². The molecule has 0 bridgehead atoms. The van der Waals surface area contributed by atoms with E-state index in [4.69, 9.17) is 28.9 Å². The van der Waals surface area contributed by atoms with Crippen molar-refractivity contribution in [3.8, 4) is 0 Å². The molecule has 0 spiro atoms. The fourth-order valence-corrected chi connectivity index (χ4v) is 2.67. The fraction of sp³-hybridized carbons (Fsp3) is 0.364. The zero-order chi connectivity index (χ0) is 12.6. The van der Waals surface area contributed by atoms with Crippen molar-refractivity contribution in [1.29, 1.82) is 0 Å². The molecule has 17 heavy (non-hydrogen) atoms. The molecule has 1 aliphatic rings. The van der Waals surface area contributed by atoms with E-state index < -0.39 is 0 Å². The van der Waals surface area contributed by atoms with Crippen LogP contribution in [0.4, 0.5) is 11.4 Å². The Morgan fingerprint density at radius 3 is 2.59 bits per heavy atom. The van der Waals surface area contributed by atoms with Crippen LogP contribution in [0, 0.1) is 0 Å². The summed E-state index contributed by atoms with van der Waals surface area (Å²) in [5.74, 6) is -0.0276. The van der Waals surface area contributed by atoms with Crippen LogP contribution < -0.4 is 16.0 Å². The number of nitrogens with two attached hydrogens (primary N) is 1. The van der Waals surface area contributed by atoms with Crippen LogP contribution in [0.2, 0.25) is 10.0 Å². The van der Waals surface area contributed by atoms with Crippen LogP contribution >= 0.6 is 23.2 Å². The Labute approximate surface area is 110 Å². The first-order valence-corrected chi connectivity index (χ1v) is 6.05. The third-order valence-corrected chi connectivity index (χ3v) is 3.40. The van der Waals surface area contributed by atoms with Crippen molar-refractivity contribution < 1.29 is 4.79 Å². The number of amides is 1.